The Labute approximate surface area is 173 Å². The van der Waals surface area contributed by atoms with Crippen molar-refractivity contribution in [2.45, 2.75) is 57.0 Å². The summed E-state index contributed by atoms with van der Waals surface area (Å²) >= 11 is 0. The minimum absolute atomic E-state index is 0.0961. The molecule has 1 aliphatic heterocycles. The van der Waals surface area contributed by atoms with Crippen molar-refractivity contribution < 1.29 is 18.0 Å². The molecule has 0 aromatic heterocycles. The molecule has 29 heavy (non-hydrogen) atoms. The SMILES string of the molecule is C[C@H](C(=O)Nc1ccc(S(=O)(=O)N2CCCC2)cc1)N(C)CC(=O)NC(C)(C)C. The summed E-state index contributed by atoms with van der Waals surface area (Å²) in [5.74, 6) is -0.428. The van der Waals surface area contributed by atoms with Crippen LogP contribution in [-0.2, 0) is 19.6 Å². The zero-order valence-electron chi connectivity index (χ0n) is 17.9. The Morgan fingerprint density at radius 1 is 1.14 bits per heavy atom. The van der Waals surface area contributed by atoms with E-state index >= 15 is 0 Å². The third-order valence-corrected chi connectivity index (χ3v) is 6.69. The van der Waals surface area contributed by atoms with Gasteiger partial charge in [-0.3, -0.25) is 14.5 Å². The molecule has 0 spiro atoms. The lowest BCUT2D eigenvalue weighted by Crippen LogP contribution is -2.49. The molecule has 2 amide bonds. The van der Waals surface area contributed by atoms with Crippen LogP contribution in [0.1, 0.15) is 40.5 Å². The molecule has 1 aromatic carbocycles. The Morgan fingerprint density at radius 3 is 2.21 bits per heavy atom. The number of anilines is 1. The third kappa shape index (κ3) is 6.52. The van der Waals surface area contributed by atoms with Crippen LogP contribution < -0.4 is 10.6 Å². The van der Waals surface area contributed by atoms with Gasteiger partial charge in [-0.2, -0.15) is 4.31 Å². The number of rotatable bonds is 7. The van der Waals surface area contributed by atoms with Gasteiger partial charge in [-0.25, -0.2) is 8.42 Å². The summed E-state index contributed by atoms with van der Waals surface area (Å²) < 4.78 is 26.6. The molecular weight excluding hydrogens is 392 g/mol. The highest BCUT2D eigenvalue weighted by atomic mass is 32.2. The van der Waals surface area contributed by atoms with Crippen molar-refractivity contribution in [1.82, 2.24) is 14.5 Å². The largest absolute Gasteiger partial charge is 0.350 e. The fourth-order valence-electron chi connectivity index (χ4n) is 3.06. The van der Waals surface area contributed by atoms with Gasteiger partial charge >= 0.3 is 0 Å². The molecule has 1 aliphatic rings. The van der Waals surface area contributed by atoms with E-state index < -0.39 is 16.1 Å². The summed E-state index contributed by atoms with van der Waals surface area (Å²) in [6, 6.07) is 5.65. The second kappa shape index (κ2) is 9.23. The van der Waals surface area contributed by atoms with Crippen LogP contribution in [0.15, 0.2) is 29.2 Å². The average molecular weight is 425 g/mol. The van der Waals surface area contributed by atoms with Gasteiger partial charge in [-0.1, -0.05) is 0 Å². The highest BCUT2D eigenvalue weighted by Gasteiger charge is 2.27. The number of sulfonamides is 1. The number of carbonyl (C=O) groups excluding carboxylic acids is 2. The van der Waals surface area contributed by atoms with Crippen molar-refractivity contribution in [3.8, 4) is 0 Å². The van der Waals surface area contributed by atoms with Gasteiger partial charge in [0, 0.05) is 24.3 Å². The summed E-state index contributed by atoms with van der Waals surface area (Å²) in [5.41, 5.74) is 0.176. The molecule has 0 bridgehead atoms. The normalized spacial score (nSPS) is 16.6. The van der Waals surface area contributed by atoms with Crippen molar-refractivity contribution in [1.29, 1.82) is 0 Å². The van der Waals surface area contributed by atoms with Gasteiger partial charge in [0.1, 0.15) is 0 Å². The first-order valence-electron chi connectivity index (χ1n) is 9.82. The Hall–Kier alpha value is -1.97. The number of nitrogens with zero attached hydrogens (tertiary/aromatic N) is 2. The second-order valence-corrected chi connectivity index (χ2v) is 10.5. The lowest BCUT2D eigenvalue weighted by atomic mass is 10.1. The van der Waals surface area contributed by atoms with Crippen LogP contribution in [0.5, 0.6) is 0 Å². The zero-order valence-corrected chi connectivity index (χ0v) is 18.7. The van der Waals surface area contributed by atoms with Crippen LogP contribution in [0.3, 0.4) is 0 Å². The van der Waals surface area contributed by atoms with E-state index in [4.69, 9.17) is 0 Å². The average Bonchev–Trinajstić information content (AvgIpc) is 3.15. The predicted octanol–water partition coefficient (Wildman–Crippen LogP) is 1.64. The molecular formula is C20H32N4O4S. The Balaban J connectivity index is 1.95. The maximum Gasteiger partial charge on any atom is 0.243 e. The second-order valence-electron chi connectivity index (χ2n) is 8.51. The quantitative estimate of drug-likeness (QED) is 0.693. The minimum Gasteiger partial charge on any atom is -0.350 e. The zero-order chi connectivity index (χ0) is 21.8. The number of amides is 2. The molecule has 2 N–H and O–H groups in total. The van der Waals surface area contributed by atoms with Gasteiger partial charge in [-0.05, 0) is 71.8 Å². The van der Waals surface area contributed by atoms with Gasteiger partial charge in [0.2, 0.25) is 21.8 Å². The van der Waals surface area contributed by atoms with Gasteiger partial charge < -0.3 is 10.6 Å². The molecule has 0 radical (unpaired) electrons. The number of benzene rings is 1. The molecule has 2 rings (SSSR count). The molecule has 1 fully saturated rings. The predicted molar refractivity (Wildman–Crippen MR) is 113 cm³/mol. The summed E-state index contributed by atoms with van der Waals surface area (Å²) in [4.78, 5) is 26.4. The molecule has 1 heterocycles. The van der Waals surface area contributed by atoms with Gasteiger partial charge in [0.05, 0.1) is 17.5 Å². The van der Waals surface area contributed by atoms with E-state index in [0.717, 1.165) is 12.8 Å². The fourth-order valence-corrected chi connectivity index (χ4v) is 4.57. The van der Waals surface area contributed by atoms with Crippen LogP contribution in [0.4, 0.5) is 5.69 Å². The van der Waals surface area contributed by atoms with E-state index in [0.29, 0.717) is 18.8 Å². The van der Waals surface area contributed by atoms with E-state index in [1.807, 2.05) is 20.8 Å². The maximum atomic E-state index is 12.6. The standard InChI is InChI=1S/C20H32N4O4S/c1-15(23(5)14-18(25)22-20(2,3)4)19(26)21-16-8-10-17(11-9-16)29(27,28)24-12-6-7-13-24/h8-11,15H,6-7,12-14H2,1-5H3,(H,21,26)(H,22,25)/t15-/m1/s1. The fraction of sp³-hybridized carbons (Fsp3) is 0.600. The summed E-state index contributed by atoms with van der Waals surface area (Å²) in [6.45, 7) is 8.60. The van der Waals surface area contributed by atoms with E-state index in [1.165, 1.54) is 16.4 Å². The van der Waals surface area contributed by atoms with Gasteiger partial charge in [-0.15, -0.1) is 0 Å². The first-order valence-corrected chi connectivity index (χ1v) is 11.3. The van der Waals surface area contributed by atoms with Crippen molar-refractivity contribution in [2.24, 2.45) is 0 Å². The molecule has 1 atom stereocenters. The van der Waals surface area contributed by atoms with Crippen molar-refractivity contribution in [3.63, 3.8) is 0 Å². The Bertz CT molecular complexity index is 825. The number of likely N-dealkylation sites (N-methyl/N-ethyl adjacent to an activating group) is 1. The lowest BCUT2D eigenvalue weighted by Gasteiger charge is -2.26. The minimum atomic E-state index is -3.47. The van der Waals surface area contributed by atoms with E-state index in [9.17, 15) is 18.0 Å². The number of hydrogen-bond donors (Lipinski definition) is 2. The molecule has 1 saturated heterocycles. The highest BCUT2D eigenvalue weighted by molar-refractivity contribution is 7.89. The van der Waals surface area contributed by atoms with Crippen LogP contribution in [-0.4, -0.2) is 67.7 Å². The first kappa shape index (κ1) is 23.3. The topological polar surface area (TPSA) is 98.8 Å². The first-order chi connectivity index (χ1) is 13.4. The van der Waals surface area contributed by atoms with E-state index in [2.05, 4.69) is 10.6 Å². The molecule has 1 aromatic rings. The van der Waals surface area contributed by atoms with Crippen molar-refractivity contribution in [3.05, 3.63) is 24.3 Å². The summed E-state index contributed by atoms with van der Waals surface area (Å²) in [6.07, 6.45) is 1.76. The molecule has 8 nitrogen and oxygen atoms in total. The number of hydrogen-bond acceptors (Lipinski definition) is 5. The smallest absolute Gasteiger partial charge is 0.243 e. The van der Waals surface area contributed by atoms with Crippen LogP contribution >= 0.6 is 0 Å². The van der Waals surface area contributed by atoms with Crippen LogP contribution in [0.25, 0.3) is 0 Å². The van der Waals surface area contributed by atoms with Crippen molar-refractivity contribution >= 4 is 27.5 Å². The molecule has 9 heteroatoms. The molecule has 162 valence electrons. The molecule has 0 unspecified atom stereocenters. The third-order valence-electron chi connectivity index (χ3n) is 4.77. The number of carbonyl (C=O) groups is 2. The summed E-state index contributed by atoms with van der Waals surface area (Å²) in [5, 5.41) is 5.64. The highest BCUT2D eigenvalue weighted by Crippen LogP contribution is 2.22. The molecule has 0 aliphatic carbocycles. The Morgan fingerprint density at radius 2 is 1.69 bits per heavy atom. The Kier molecular flexibility index (Phi) is 7.42. The van der Waals surface area contributed by atoms with Crippen LogP contribution in [0.2, 0.25) is 0 Å². The van der Waals surface area contributed by atoms with E-state index in [1.54, 1.807) is 31.0 Å². The monoisotopic (exact) mass is 424 g/mol. The van der Waals surface area contributed by atoms with Gasteiger partial charge in [0.25, 0.3) is 0 Å². The molecule has 0 saturated carbocycles. The summed E-state index contributed by atoms with van der Waals surface area (Å²) in [7, 11) is -1.77. The number of nitrogens with one attached hydrogen (secondary N) is 2. The maximum absolute atomic E-state index is 12.6. The van der Waals surface area contributed by atoms with Gasteiger partial charge in [0.15, 0.2) is 0 Å². The van der Waals surface area contributed by atoms with E-state index in [-0.39, 0.29) is 28.8 Å². The lowest BCUT2D eigenvalue weighted by molar-refractivity contribution is -0.125. The van der Waals surface area contributed by atoms with Crippen molar-refractivity contribution in [2.75, 3.05) is 32.0 Å². The van der Waals surface area contributed by atoms with Crippen LogP contribution in [0, 0.1) is 0 Å².